The van der Waals surface area contributed by atoms with Crippen LogP contribution in [-0.4, -0.2) is 54.6 Å². The highest BCUT2D eigenvalue weighted by atomic mass is 35.5. The van der Waals surface area contributed by atoms with Crippen LogP contribution in [0.15, 0.2) is 36.4 Å². The molecule has 0 aromatic heterocycles. The van der Waals surface area contributed by atoms with Crippen LogP contribution < -0.4 is 14.8 Å². The molecule has 3 rings (SSSR count). The van der Waals surface area contributed by atoms with Gasteiger partial charge in [0.15, 0.2) is 12.8 Å². The molecule has 0 spiro atoms. The highest BCUT2D eigenvalue weighted by Crippen LogP contribution is 2.34. The van der Waals surface area contributed by atoms with Crippen molar-refractivity contribution in [3.05, 3.63) is 52.0 Å². The Morgan fingerprint density at radius 1 is 1.09 bits per heavy atom. The van der Waals surface area contributed by atoms with Crippen molar-refractivity contribution in [2.75, 3.05) is 31.6 Å². The Morgan fingerprint density at radius 3 is 2.43 bits per heavy atom. The molecule has 13 heteroatoms. The lowest BCUT2D eigenvalue weighted by Gasteiger charge is -2.23. The summed E-state index contributed by atoms with van der Waals surface area (Å²) in [6.45, 7) is 0.888. The van der Waals surface area contributed by atoms with E-state index in [0.29, 0.717) is 30.9 Å². The highest BCUT2D eigenvalue weighted by molar-refractivity contribution is 6.32. The molecule has 190 valence electrons. The van der Waals surface area contributed by atoms with E-state index in [1.807, 2.05) is 4.90 Å². The summed E-state index contributed by atoms with van der Waals surface area (Å²) in [4.78, 5) is 24.8. The van der Waals surface area contributed by atoms with Gasteiger partial charge in [-0.1, -0.05) is 23.2 Å². The van der Waals surface area contributed by atoms with Crippen molar-refractivity contribution in [3.63, 3.8) is 0 Å². The highest BCUT2D eigenvalue weighted by Gasteiger charge is 2.31. The predicted octanol–water partition coefficient (Wildman–Crippen LogP) is 5.53. The van der Waals surface area contributed by atoms with Gasteiger partial charge in [-0.2, -0.15) is 13.2 Å². The maximum atomic E-state index is 12.7. The van der Waals surface area contributed by atoms with Crippen LogP contribution in [0.5, 0.6) is 11.5 Å². The van der Waals surface area contributed by atoms with Crippen molar-refractivity contribution < 1.29 is 42.1 Å². The van der Waals surface area contributed by atoms with Gasteiger partial charge in [0.1, 0.15) is 18.1 Å². The minimum absolute atomic E-state index is 0.0643. The Kier molecular flexibility index (Phi) is 8.92. The lowest BCUT2D eigenvalue weighted by Crippen LogP contribution is -2.36. The topological polar surface area (TPSA) is 97.3 Å². The van der Waals surface area contributed by atoms with E-state index < -0.39 is 36.6 Å². The lowest BCUT2D eigenvalue weighted by atomic mass is 10.2. The summed E-state index contributed by atoms with van der Waals surface area (Å²) >= 11 is 12.0. The molecule has 2 N–H and O–H groups in total. The number of hydrogen-bond donors (Lipinski definition) is 2. The van der Waals surface area contributed by atoms with Gasteiger partial charge >= 0.3 is 12.3 Å². The largest absolute Gasteiger partial charge is 0.507 e. The lowest BCUT2D eigenvalue weighted by molar-refractivity contribution is -0.137. The summed E-state index contributed by atoms with van der Waals surface area (Å²) in [6, 6.07) is 7.14. The fourth-order valence-electron chi connectivity index (χ4n) is 3.40. The Bertz CT molecular complexity index is 1070. The van der Waals surface area contributed by atoms with Crippen molar-refractivity contribution in [1.29, 1.82) is 0 Å². The van der Waals surface area contributed by atoms with Crippen molar-refractivity contribution in [2.24, 2.45) is 0 Å². The van der Waals surface area contributed by atoms with Gasteiger partial charge in [-0.05, 0) is 49.2 Å². The number of nitrogens with zero attached hydrogens (tertiary/aromatic N) is 1. The Morgan fingerprint density at radius 2 is 1.77 bits per heavy atom. The van der Waals surface area contributed by atoms with Gasteiger partial charge in [-0.15, -0.1) is 0 Å². The maximum absolute atomic E-state index is 12.7. The van der Waals surface area contributed by atoms with Crippen molar-refractivity contribution >= 4 is 41.0 Å². The first-order valence-corrected chi connectivity index (χ1v) is 11.1. The van der Waals surface area contributed by atoms with Gasteiger partial charge in [0.05, 0.1) is 15.6 Å². The van der Waals surface area contributed by atoms with Crippen LogP contribution in [0.4, 0.5) is 23.7 Å². The molecule has 1 heterocycles. The molecule has 1 amide bonds. The molecule has 0 bridgehead atoms. The second-order valence-corrected chi connectivity index (χ2v) is 8.30. The number of carboxylic acid groups (broad SMARTS) is 1. The SMILES string of the molecule is O=C(COc1ccc(C(F)(F)F)cc1Cl)Nc1ccc(OCCN2CCC[C@@H]2OC(=O)O)c(Cl)c1. The van der Waals surface area contributed by atoms with Gasteiger partial charge < -0.3 is 24.6 Å². The van der Waals surface area contributed by atoms with Gasteiger partial charge in [0, 0.05) is 18.8 Å². The molecule has 1 fully saturated rings. The van der Waals surface area contributed by atoms with E-state index in [0.717, 1.165) is 24.6 Å². The summed E-state index contributed by atoms with van der Waals surface area (Å²) in [6.07, 6.45) is -4.92. The first kappa shape index (κ1) is 26.7. The number of alkyl halides is 3. The van der Waals surface area contributed by atoms with Gasteiger partial charge in [-0.3, -0.25) is 9.69 Å². The number of nitrogens with one attached hydrogen (secondary N) is 1. The summed E-state index contributed by atoms with van der Waals surface area (Å²) < 4.78 is 53.8. The maximum Gasteiger partial charge on any atom is 0.507 e. The minimum Gasteiger partial charge on any atom is -0.491 e. The second kappa shape index (κ2) is 11.7. The first-order chi connectivity index (χ1) is 16.5. The van der Waals surface area contributed by atoms with E-state index in [1.54, 1.807) is 12.1 Å². The number of carbonyl (C=O) groups is 2. The van der Waals surface area contributed by atoms with Crippen LogP contribution >= 0.6 is 23.2 Å². The number of amides is 1. The van der Waals surface area contributed by atoms with E-state index in [1.165, 1.54) is 6.07 Å². The number of likely N-dealkylation sites (tertiary alicyclic amines) is 1. The molecular weight excluding hydrogens is 516 g/mol. The minimum atomic E-state index is -4.54. The fourth-order valence-corrected chi connectivity index (χ4v) is 3.87. The Labute approximate surface area is 208 Å². The average molecular weight is 537 g/mol. The second-order valence-electron chi connectivity index (χ2n) is 7.49. The average Bonchev–Trinajstić information content (AvgIpc) is 3.19. The standard InChI is InChI=1S/C22H21Cl2F3N2O6/c23-15-10-13(22(25,26)27)3-5-18(15)34-12-19(30)28-14-4-6-17(16(24)11-14)33-9-8-29-7-1-2-20(29)35-21(31)32/h3-6,10-11,20H,1-2,7-9,12H2,(H,28,30)(H,31,32)/t20-/m0/s1. The van der Waals surface area contributed by atoms with Crippen LogP contribution in [0.3, 0.4) is 0 Å². The first-order valence-electron chi connectivity index (χ1n) is 10.4. The quantitative estimate of drug-likeness (QED) is 0.407. The zero-order valence-corrected chi connectivity index (χ0v) is 19.6. The molecule has 1 aliphatic rings. The van der Waals surface area contributed by atoms with Crippen LogP contribution in [-0.2, 0) is 15.7 Å². The third kappa shape index (κ3) is 7.81. The molecule has 0 aliphatic carbocycles. The monoisotopic (exact) mass is 536 g/mol. The van der Waals surface area contributed by atoms with E-state index >= 15 is 0 Å². The van der Waals surface area contributed by atoms with Gasteiger partial charge in [-0.25, -0.2) is 4.79 Å². The summed E-state index contributed by atoms with van der Waals surface area (Å²) in [5.41, 5.74) is -0.575. The van der Waals surface area contributed by atoms with Crippen molar-refractivity contribution in [3.8, 4) is 11.5 Å². The number of anilines is 1. The Hall–Kier alpha value is -2.89. The molecule has 35 heavy (non-hydrogen) atoms. The summed E-state index contributed by atoms with van der Waals surface area (Å²) in [5.74, 6) is -0.276. The number of benzene rings is 2. The zero-order valence-electron chi connectivity index (χ0n) is 18.1. The zero-order chi connectivity index (χ0) is 25.6. The van der Waals surface area contributed by atoms with Crippen molar-refractivity contribution in [1.82, 2.24) is 4.90 Å². The molecule has 1 atom stereocenters. The smallest absolute Gasteiger partial charge is 0.491 e. The summed E-state index contributed by atoms with van der Waals surface area (Å²) in [5, 5.41) is 11.3. The summed E-state index contributed by atoms with van der Waals surface area (Å²) in [7, 11) is 0. The molecule has 2 aromatic rings. The number of rotatable bonds is 9. The van der Waals surface area contributed by atoms with Crippen LogP contribution in [0.2, 0.25) is 10.0 Å². The van der Waals surface area contributed by atoms with Crippen molar-refractivity contribution in [2.45, 2.75) is 25.2 Å². The molecular formula is C22H21Cl2F3N2O6. The molecule has 2 aromatic carbocycles. The van der Waals surface area contributed by atoms with Crippen LogP contribution in [0.25, 0.3) is 0 Å². The fraction of sp³-hybridized carbons (Fsp3) is 0.364. The molecule has 1 saturated heterocycles. The Balaban J connectivity index is 1.47. The number of hydrogen-bond acceptors (Lipinski definition) is 6. The molecule has 1 aliphatic heterocycles. The normalized spacial score (nSPS) is 16.1. The third-order valence-corrected chi connectivity index (χ3v) is 5.60. The van der Waals surface area contributed by atoms with Crippen LogP contribution in [0, 0.1) is 0 Å². The molecule has 0 unspecified atom stereocenters. The van der Waals surface area contributed by atoms with E-state index in [-0.39, 0.29) is 22.4 Å². The number of ether oxygens (including phenoxy) is 3. The van der Waals surface area contributed by atoms with E-state index in [4.69, 9.17) is 42.5 Å². The van der Waals surface area contributed by atoms with Crippen LogP contribution in [0.1, 0.15) is 18.4 Å². The van der Waals surface area contributed by atoms with E-state index in [2.05, 4.69) is 5.32 Å². The van der Waals surface area contributed by atoms with Gasteiger partial charge in [0.2, 0.25) is 0 Å². The van der Waals surface area contributed by atoms with Gasteiger partial charge in [0.25, 0.3) is 5.91 Å². The molecule has 0 radical (unpaired) electrons. The molecule has 8 nitrogen and oxygen atoms in total. The number of halogens is 5. The number of carbonyl (C=O) groups excluding carboxylic acids is 1. The predicted molar refractivity (Wildman–Crippen MR) is 121 cm³/mol. The molecule has 0 saturated carbocycles. The van der Waals surface area contributed by atoms with E-state index in [9.17, 15) is 22.8 Å². The third-order valence-electron chi connectivity index (χ3n) is 5.01.